The number of anilines is 2. The lowest BCUT2D eigenvalue weighted by Gasteiger charge is -2.31. The SMILES string of the molecule is CNc1nc(-c2ccc(OC)c(NC(=O)C3CCN(C(=O)c4ccc(OC)cc4)CC3)c2)cs1. The molecule has 2 heterocycles. The first-order valence-corrected chi connectivity index (χ1v) is 12.0. The molecule has 1 fully saturated rings. The van der Waals surface area contributed by atoms with E-state index in [-0.39, 0.29) is 17.7 Å². The number of hydrogen-bond donors (Lipinski definition) is 2. The largest absolute Gasteiger partial charge is 0.497 e. The van der Waals surface area contributed by atoms with Crippen LogP contribution in [0, 0.1) is 5.92 Å². The molecule has 8 nitrogen and oxygen atoms in total. The van der Waals surface area contributed by atoms with Crippen molar-refractivity contribution in [3.8, 4) is 22.8 Å². The summed E-state index contributed by atoms with van der Waals surface area (Å²) >= 11 is 1.52. The molecular weight excluding hydrogens is 452 g/mol. The summed E-state index contributed by atoms with van der Waals surface area (Å²) in [6.07, 6.45) is 1.21. The maximum absolute atomic E-state index is 13.0. The molecule has 0 atom stereocenters. The van der Waals surface area contributed by atoms with Gasteiger partial charge >= 0.3 is 0 Å². The lowest BCUT2D eigenvalue weighted by molar-refractivity contribution is -0.121. The van der Waals surface area contributed by atoms with Crippen LogP contribution >= 0.6 is 11.3 Å². The Morgan fingerprint density at radius 3 is 2.41 bits per heavy atom. The van der Waals surface area contributed by atoms with E-state index < -0.39 is 0 Å². The summed E-state index contributed by atoms with van der Waals surface area (Å²) in [4.78, 5) is 32.2. The van der Waals surface area contributed by atoms with E-state index in [2.05, 4.69) is 15.6 Å². The Morgan fingerprint density at radius 2 is 1.79 bits per heavy atom. The second-order valence-electron chi connectivity index (χ2n) is 7.99. The Balaban J connectivity index is 1.39. The van der Waals surface area contributed by atoms with Gasteiger partial charge in [0.15, 0.2) is 5.13 Å². The minimum atomic E-state index is -0.177. The number of thiazole rings is 1. The van der Waals surface area contributed by atoms with Gasteiger partial charge in [-0.1, -0.05) is 0 Å². The molecule has 2 aromatic carbocycles. The fourth-order valence-corrected chi connectivity index (χ4v) is 4.66. The third kappa shape index (κ3) is 5.14. The summed E-state index contributed by atoms with van der Waals surface area (Å²) in [6.45, 7) is 1.07. The number of likely N-dealkylation sites (tertiary alicyclic amines) is 1. The molecule has 1 aliphatic rings. The zero-order valence-corrected chi connectivity index (χ0v) is 20.3. The molecule has 0 radical (unpaired) electrons. The van der Waals surface area contributed by atoms with Crippen LogP contribution in [-0.4, -0.2) is 56.1 Å². The highest BCUT2D eigenvalue weighted by Gasteiger charge is 2.28. The molecule has 0 aliphatic carbocycles. The maximum atomic E-state index is 13.0. The van der Waals surface area contributed by atoms with Crippen molar-refractivity contribution in [2.45, 2.75) is 12.8 Å². The van der Waals surface area contributed by atoms with Gasteiger partial charge in [-0.15, -0.1) is 11.3 Å². The van der Waals surface area contributed by atoms with Gasteiger partial charge in [-0.25, -0.2) is 4.98 Å². The van der Waals surface area contributed by atoms with Gasteiger partial charge in [0.25, 0.3) is 5.91 Å². The number of nitrogens with one attached hydrogen (secondary N) is 2. The molecular formula is C25H28N4O4S. The summed E-state index contributed by atoms with van der Waals surface area (Å²) in [5.41, 5.74) is 2.96. The van der Waals surface area contributed by atoms with Crippen LogP contribution in [-0.2, 0) is 4.79 Å². The predicted molar refractivity (Wildman–Crippen MR) is 134 cm³/mol. The zero-order valence-electron chi connectivity index (χ0n) is 19.5. The van der Waals surface area contributed by atoms with Crippen LogP contribution in [0.15, 0.2) is 47.8 Å². The number of aromatic nitrogens is 1. The quantitative estimate of drug-likeness (QED) is 0.522. The van der Waals surface area contributed by atoms with Gasteiger partial charge in [0, 0.05) is 42.6 Å². The minimum Gasteiger partial charge on any atom is -0.497 e. The fraction of sp³-hybridized carbons (Fsp3) is 0.320. The van der Waals surface area contributed by atoms with E-state index in [9.17, 15) is 9.59 Å². The van der Waals surface area contributed by atoms with Crippen molar-refractivity contribution >= 4 is 34.0 Å². The molecule has 0 saturated carbocycles. The lowest BCUT2D eigenvalue weighted by Crippen LogP contribution is -2.41. The molecule has 9 heteroatoms. The average molecular weight is 481 g/mol. The number of nitrogens with zero attached hydrogens (tertiary/aromatic N) is 2. The number of carbonyl (C=O) groups is 2. The number of methoxy groups -OCH3 is 2. The van der Waals surface area contributed by atoms with Gasteiger partial charge in [-0.05, 0) is 55.3 Å². The highest BCUT2D eigenvalue weighted by Crippen LogP contribution is 2.33. The number of hydrogen-bond acceptors (Lipinski definition) is 7. The Bertz CT molecular complexity index is 1150. The van der Waals surface area contributed by atoms with Crippen molar-refractivity contribution in [1.82, 2.24) is 9.88 Å². The van der Waals surface area contributed by atoms with Crippen LogP contribution < -0.4 is 20.1 Å². The summed E-state index contributed by atoms with van der Waals surface area (Å²) in [5.74, 6) is 1.03. The number of amides is 2. The predicted octanol–water partition coefficient (Wildman–Crippen LogP) is 4.36. The molecule has 178 valence electrons. The number of piperidine rings is 1. The summed E-state index contributed by atoms with van der Waals surface area (Å²) in [7, 11) is 5.01. The molecule has 2 N–H and O–H groups in total. The van der Waals surface area contributed by atoms with Gasteiger partial charge in [-0.3, -0.25) is 9.59 Å². The van der Waals surface area contributed by atoms with Crippen molar-refractivity contribution in [3.63, 3.8) is 0 Å². The smallest absolute Gasteiger partial charge is 0.253 e. The number of rotatable bonds is 7. The molecule has 0 bridgehead atoms. The van der Waals surface area contributed by atoms with E-state index in [0.717, 1.165) is 16.4 Å². The second-order valence-corrected chi connectivity index (χ2v) is 8.85. The van der Waals surface area contributed by atoms with Crippen molar-refractivity contribution < 1.29 is 19.1 Å². The van der Waals surface area contributed by atoms with E-state index in [1.54, 1.807) is 43.4 Å². The molecule has 3 aromatic rings. The van der Waals surface area contributed by atoms with Gasteiger partial charge < -0.3 is 25.0 Å². The van der Waals surface area contributed by atoms with Gasteiger partial charge in [0.1, 0.15) is 11.5 Å². The second kappa shape index (κ2) is 10.6. The number of carbonyl (C=O) groups excluding carboxylic acids is 2. The standard InChI is InChI=1S/C25H28N4O4S/c1-26-25-28-21(15-34-25)18-6-9-22(33-3)20(14-18)27-23(30)16-10-12-29(13-11-16)24(31)17-4-7-19(32-2)8-5-17/h4-9,14-16H,10-13H2,1-3H3,(H,26,28)(H,27,30). The molecule has 0 spiro atoms. The van der Waals surface area contributed by atoms with Gasteiger partial charge in [-0.2, -0.15) is 0 Å². The van der Waals surface area contributed by atoms with Crippen LogP contribution in [0.4, 0.5) is 10.8 Å². The fourth-order valence-electron chi connectivity index (χ4n) is 3.98. The Morgan fingerprint density at radius 1 is 1.06 bits per heavy atom. The highest BCUT2D eigenvalue weighted by molar-refractivity contribution is 7.14. The Kier molecular flexibility index (Phi) is 7.32. The van der Waals surface area contributed by atoms with Crippen LogP contribution in [0.25, 0.3) is 11.3 Å². The average Bonchev–Trinajstić information content (AvgIpc) is 3.38. The van der Waals surface area contributed by atoms with E-state index in [0.29, 0.717) is 48.7 Å². The highest BCUT2D eigenvalue weighted by atomic mass is 32.1. The van der Waals surface area contributed by atoms with E-state index >= 15 is 0 Å². The Hall–Kier alpha value is -3.59. The van der Waals surface area contributed by atoms with E-state index in [1.165, 1.54) is 11.3 Å². The lowest BCUT2D eigenvalue weighted by atomic mass is 9.95. The maximum Gasteiger partial charge on any atom is 0.253 e. The topological polar surface area (TPSA) is 92.8 Å². The van der Waals surface area contributed by atoms with Crippen molar-refractivity contribution in [2.24, 2.45) is 5.92 Å². The van der Waals surface area contributed by atoms with E-state index in [1.807, 2.05) is 30.6 Å². The minimum absolute atomic E-state index is 0.0277. The Labute approximate surface area is 202 Å². The molecule has 4 rings (SSSR count). The molecule has 2 amide bonds. The third-order valence-corrected chi connectivity index (χ3v) is 6.82. The summed E-state index contributed by atoms with van der Waals surface area (Å²) in [6, 6.07) is 12.7. The first-order chi connectivity index (χ1) is 16.5. The number of ether oxygens (including phenoxy) is 2. The van der Waals surface area contributed by atoms with Crippen molar-refractivity contribution in [2.75, 3.05) is 45.0 Å². The van der Waals surface area contributed by atoms with Crippen LogP contribution in [0.2, 0.25) is 0 Å². The first kappa shape index (κ1) is 23.6. The van der Waals surface area contributed by atoms with Crippen LogP contribution in [0.3, 0.4) is 0 Å². The van der Waals surface area contributed by atoms with Crippen molar-refractivity contribution in [3.05, 3.63) is 53.4 Å². The van der Waals surface area contributed by atoms with Gasteiger partial charge in [0.05, 0.1) is 25.6 Å². The number of benzene rings is 2. The first-order valence-electron chi connectivity index (χ1n) is 11.1. The van der Waals surface area contributed by atoms with Crippen LogP contribution in [0.5, 0.6) is 11.5 Å². The third-order valence-electron chi connectivity index (χ3n) is 5.96. The summed E-state index contributed by atoms with van der Waals surface area (Å²) in [5, 5.41) is 8.86. The van der Waals surface area contributed by atoms with Crippen molar-refractivity contribution in [1.29, 1.82) is 0 Å². The zero-order chi connectivity index (χ0) is 24.1. The molecule has 34 heavy (non-hydrogen) atoms. The molecule has 1 aliphatic heterocycles. The van der Waals surface area contributed by atoms with Gasteiger partial charge in [0.2, 0.25) is 5.91 Å². The normalized spacial score (nSPS) is 13.9. The molecule has 0 unspecified atom stereocenters. The van der Waals surface area contributed by atoms with Crippen LogP contribution in [0.1, 0.15) is 23.2 Å². The van der Waals surface area contributed by atoms with E-state index in [4.69, 9.17) is 9.47 Å². The molecule has 1 saturated heterocycles. The monoisotopic (exact) mass is 480 g/mol. The summed E-state index contributed by atoms with van der Waals surface area (Å²) < 4.78 is 10.6. The molecule has 1 aromatic heterocycles.